The van der Waals surface area contributed by atoms with Gasteiger partial charge in [-0.15, -0.1) is 0 Å². The fourth-order valence-electron chi connectivity index (χ4n) is 4.31. The molecule has 0 heterocycles. The molecule has 0 aromatic heterocycles. The summed E-state index contributed by atoms with van der Waals surface area (Å²) in [5.74, 6) is 1.31. The molecule has 0 bridgehead atoms. The monoisotopic (exact) mass is 361 g/mol. The van der Waals surface area contributed by atoms with Gasteiger partial charge in [-0.05, 0) is 73.6 Å². The van der Waals surface area contributed by atoms with E-state index >= 15 is 0 Å². The van der Waals surface area contributed by atoms with Crippen LogP contribution in [0.5, 0.6) is 0 Å². The number of rotatable bonds is 13. The molecule has 148 valence electrons. The number of hydrogen-bond donors (Lipinski definition) is 2. The molecule has 0 fully saturated rings. The molecule has 1 unspecified atom stereocenters. The SMILES string of the molecule is COCCCCCCC1CCc2cc([C@H](CN)CCCCO)ccc2C1. The summed E-state index contributed by atoms with van der Waals surface area (Å²) in [6.45, 7) is 1.90. The first-order valence-electron chi connectivity index (χ1n) is 10.7. The summed E-state index contributed by atoms with van der Waals surface area (Å²) >= 11 is 0. The Morgan fingerprint density at radius 2 is 1.96 bits per heavy atom. The minimum Gasteiger partial charge on any atom is -0.396 e. The summed E-state index contributed by atoms with van der Waals surface area (Å²) in [6.07, 6.45) is 13.4. The third-order valence-corrected chi connectivity index (χ3v) is 5.99. The van der Waals surface area contributed by atoms with Crippen molar-refractivity contribution in [3.63, 3.8) is 0 Å². The summed E-state index contributed by atoms with van der Waals surface area (Å²) in [7, 11) is 1.79. The van der Waals surface area contributed by atoms with Crippen molar-refractivity contribution in [1.82, 2.24) is 0 Å². The van der Waals surface area contributed by atoms with E-state index in [9.17, 15) is 0 Å². The molecule has 1 aromatic carbocycles. The highest BCUT2D eigenvalue weighted by Gasteiger charge is 2.20. The van der Waals surface area contributed by atoms with E-state index in [1.807, 2.05) is 0 Å². The summed E-state index contributed by atoms with van der Waals surface area (Å²) < 4.78 is 5.12. The lowest BCUT2D eigenvalue weighted by atomic mass is 9.79. The number of methoxy groups -OCH3 is 1. The quantitative estimate of drug-likeness (QED) is 0.505. The highest BCUT2D eigenvalue weighted by Crippen LogP contribution is 2.32. The van der Waals surface area contributed by atoms with Gasteiger partial charge in [0.15, 0.2) is 0 Å². The van der Waals surface area contributed by atoms with E-state index < -0.39 is 0 Å². The summed E-state index contributed by atoms with van der Waals surface area (Å²) in [4.78, 5) is 0. The van der Waals surface area contributed by atoms with Crippen molar-refractivity contribution in [2.24, 2.45) is 11.7 Å². The molecular weight excluding hydrogens is 322 g/mol. The Balaban J connectivity index is 1.80. The van der Waals surface area contributed by atoms with Crippen LogP contribution in [0.15, 0.2) is 18.2 Å². The Morgan fingerprint density at radius 3 is 2.73 bits per heavy atom. The second kappa shape index (κ2) is 12.5. The number of nitrogens with two attached hydrogens (primary N) is 1. The van der Waals surface area contributed by atoms with E-state index in [1.165, 1.54) is 56.9 Å². The van der Waals surface area contributed by atoms with Crippen LogP contribution >= 0.6 is 0 Å². The molecule has 0 radical (unpaired) electrons. The lowest BCUT2D eigenvalue weighted by Crippen LogP contribution is -2.17. The zero-order chi connectivity index (χ0) is 18.6. The summed E-state index contributed by atoms with van der Waals surface area (Å²) in [6, 6.07) is 7.10. The van der Waals surface area contributed by atoms with Crippen LogP contribution in [0.4, 0.5) is 0 Å². The maximum absolute atomic E-state index is 8.98. The summed E-state index contributed by atoms with van der Waals surface area (Å²) in [5, 5.41) is 8.98. The van der Waals surface area contributed by atoms with Crippen LogP contribution in [0.25, 0.3) is 0 Å². The lowest BCUT2D eigenvalue weighted by molar-refractivity contribution is 0.191. The largest absolute Gasteiger partial charge is 0.396 e. The number of aliphatic hydroxyl groups is 1. The molecule has 0 spiro atoms. The summed E-state index contributed by atoms with van der Waals surface area (Å²) in [5.41, 5.74) is 10.5. The average Bonchev–Trinajstić information content (AvgIpc) is 2.67. The van der Waals surface area contributed by atoms with E-state index in [2.05, 4.69) is 18.2 Å². The van der Waals surface area contributed by atoms with Crippen LogP contribution in [0.2, 0.25) is 0 Å². The van der Waals surface area contributed by atoms with E-state index in [0.717, 1.165) is 31.8 Å². The molecule has 3 nitrogen and oxygen atoms in total. The van der Waals surface area contributed by atoms with Crippen LogP contribution in [0, 0.1) is 5.92 Å². The molecule has 2 rings (SSSR count). The molecule has 0 aliphatic heterocycles. The number of benzene rings is 1. The molecule has 1 aliphatic carbocycles. The van der Waals surface area contributed by atoms with Gasteiger partial charge in [0, 0.05) is 20.3 Å². The van der Waals surface area contributed by atoms with Gasteiger partial charge in [0.2, 0.25) is 0 Å². The Kier molecular flexibility index (Phi) is 10.3. The molecule has 0 saturated heterocycles. The highest BCUT2D eigenvalue weighted by molar-refractivity contribution is 5.36. The zero-order valence-electron chi connectivity index (χ0n) is 16.7. The average molecular weight is 362 g/mol. The van der Waals surface area contributed by atoms with Gasteiger partial charge in [-0.2, -0.15) is 0 Å². The normalized spacial score (nSPS) is 17.9. The van der Waals surface area contributed by atoms with Crippen LogP contribution in [-0.2, 0) is 17.6 Å². The van der Waals surface area contributed by atoms with Gasteiger partial charge in [-0.25, -0.2) is 0 Å². The highest BCUT2D eigenvalue weighted by atomic mass is 16.5. The molecule has 1 aromatic rings. The van der Waals surface area contributed by atoms with Gasteiger partial charge in [0.25, 0.3) is 0 Å². The number of unbranched alkanes of at least 4 members (excludes halogenated alkanes) is 4. The number of ether oxygens (including phenoxy) is 1. The first-order chi connectivity index (χ1) is 12.8. The predicted molar refractivity (Wildman–Crippen MR) is 110 cm³/mol. The third-order valence-electron chi connectivity index (χ3n) is 5.99. The van der Waals surface area contributed by atoms with E-state index in [0.29, 0.717) is 12.5 Å². The first-order valence-corrected chi connectivity index (χ1v) is 10.7. The number of fused-ring (bicyclic) bond motifs is 1. The van der Waals surface area contributed by atoms with Gasteiger partial charge in [-0.1, -0.05) is 50.3 Å². The Hall–Kier alpha value is -0.900. The van der Waals surface area contributed by atoms with Crippen molar-refractivity contribution in [2.45, 2.75) is 76.5 Å². The maximum Gasteiger partial charge on any atom is 0.0462 e. The van der Waals surface area contributed by atoms with Crippen LogP contribution in [-0.4, -0.2) is 32.0 Å². The molecule has 0 amide bonds. The lowest BCUT2D eigenvalue weighted by Gasteiger charge is -2.26. The van der Waals surface area contributed by atoms with Crippen LogP contribution in [0.1, 0.15) is 80.4 Å². The molecule has 3 N–H and O–H groups in total. The second-order valence-electron chi connectivity index (χ2n) is 7.98. The van der Waals surface area contributed by atoms with E-state index in [1.54, 1.807) is 18.2 Å². The smallest absolute Gasteiger partial charge is 0.0462 e. The Morgan fingerprint density at radius 1 is 1.12 bits per heavy atom. The minimum atomic E-state index is 0.287. The maximum atomic E-state index is 8.98. The molecular formula is C23H39NO2. The van der Waals surface area contributed by atoms with E-state index in [-0.39, 0.29) is 6.61 Å². The van der Waals surface area contributed by atoms with Gasteiger partial charge in [-0.3, -0.25) is 0 Å². The first kappa shape index (κ1) is 21.4. The van der Waals surface area contributed by atoms with Crippen LogP contribution < -0.4 is 5.73 Å². The molecule has 3 heteroatoms. The number of hydrogen-bond acceptors (Lipinski definition) is 3. The standard InChI is InChI=1S/C23H39NO2/c1-26-15-7-3-2-4-8-19-10-11-21-17-22(13-12-20(21)16-19)23(18-24)9-5-6-14-25/h12-13,17,19,23,25H,2-11,14-16,18,24H2,1H3/t19?,23-/m0/s1. The minimum absolute atomic E-state index is 0.287. The molecule has 0 saturated carbocycles. The molecule has 1 aliphatic rings. The van der Waals surface area contributed by atoms with Crippen molar-refractivity contribution in [3.8, 4) is 0 Å². The van der Waals surface area contributed by atoms with Gasteiger partial charge in [0.05, 0.1) is 0 Å². The van der Waals surface area contributed by atoms with Crippen molar-refractivity contribution in [1.29, 1.82) is 0 Å². The van der Waals surface area contributed by atoms with Gasteiger partial charge >= 0.3 is 0 Å². The zero-order valence-corrected chi connectivity index (χ0v) is 16.7. The van der Waals surface area contributed by atoms with Crippen LogP contribution in [0.3, 0.4) is 0 Å². The fraction of sp³-hybridized carbons (Fsp3) is 0.739. The van der Waals surface area contributed by atoms with Gasteiger partial charge < -0.3 is 15.6 Å². The second-order valence-corrected chi connectivity index (χ2v) is 7.98. The fourth-order valence-corrected chi connectivity index (χ4v) is 4.31. The Labute approximate surface area is 160 Å². The third kappa shape index (κ3) is 7.02. The van der Waals surface area contributed by atoms with Crippen molar-refractivity contribution >= 4 is 0 Å². The molecule has 2 atom stereocenters. The topological polar surface area (TPSA) is 55.5 Å². The Bertz CT molecular complexity index is 503. The van der Waals surface area contributed by atoms with E-state index in [4.69, 9.17) is 15.6 Å². The number of aliphatic hydroxyl groups excluding tert-OH is 1. The number of aryl methyl sites for hydroxylation is 1. The van der Waals surface area contributed by atoms with Gasteiger partial charge in [0.1, 0.15) is 0 Å². The molecule has 26 heavy (non-hydrogen) atoms. The van der Waals surface area contributed by atoms with Crippen molar-refractivity contribution in [2.75, 3.05) is 26.9 Å². The van der Waals surface area contributed by atoms with Crippen molar-refractivity contribution < 1.29 is 9.84 Å². The predicted octanol–water partition coefficient (Wildman–Crippen LogP) is 4.59. The van der Waals surface area contributed by atoms with Crippen molar-refractivity contribution in [3.05, 3.63) is 34.9 Å².